The van der Waals surface area contributed by atoms with E-state index in [0.29, 0.717) is 12.6 Å². The van der Waals surface area contributed by atoms with Crippen LogP contribution in [0.3, 0.4) is 0 Å². The fraction of sp³-hybridized carbons (Fsp3) is 0.875. The second-order valence-corrected chi connectivity index (χ2v) is 5.57. The number of carbonyl (C=O) groups is 1. The summed E-state index contributed by atoms with van der Waals surface area (Å²) in [6.07, 6.45) is 5.23. The molecule has 1 saturated heterocycles. The van der Waals surface area contributed by atoms with E-state index >= 15 is 0 Å². The fourth-order valence-corrected chi connectivity index (χ4v) is 2.49. The minimum Gasteiger partial charge on any atom is -0.450 e. The van der Waals surface area contributed by atoms with Gasteiger partial charge in [-0.15, -0.1) is 24.0 Å². The summed E-state index contributed by atoms with van der Waals surface area (Å²) in [6.45, 7) is 9.76. The van der Waals surface area contributed by atoms with Gasteiger partial charge in [0.05, 0.1) is 6.61 Å². The van der Waals surface area contributed by atoms with E-state index in [0.717, 1.165) is 51.4 Å². The molecule has 0 aliphatic carbocycles. The maximum Gasteiger partial charge on any atom is 0.409 e. The minimum atomic E-state index is -0.193. The largest absolute Gasteiger partial charge is 0.450 e. The van der Waals surface area contributed by atoms with Gasteiger partial charge >= 0.3 is 6.09 Å². The van der Waals surface area contributed by atoms with E-state index < -0.39 is 0 Å². The molecule has 1 heterocycles. The number of ether oxygens (including phenoxy) is 1. The number of nitrogens with zero attached hydrogens (tertiary/aromatic N) is 2. The van der Waals surface area contributed by atoms with E-state index in [4.69, 9.17) is 4.74 Å². The van der Waals surface area contributed by atoms with Crippen molar-refractivity contribution in [3.05, 3.63) is 0 Å². The van der Waals surface area contributed by atoms with E-state index in [1.54, 1.807) is 4.90 Å². The molecule has 0 spiro atoms. The first kappa shape index (κ1) is 22.3. The molecule has 2 N–H and O–H groups in total. The van der Waals surface area contributed by atoms with Gasteiger partial charge in [0.15, 0.2) is 5.96 Å². The summed E-state index contributed by atoms with van der Waals surface area (Å²) in [4.78, 5) is 18.1. The molecule has 0 atom stereocenters. The quantitative estimate of drug-likeness (QED) is 0.277. The lowest BCUT2D eigenvalue weighted by Crippen LogP contribution is -2.49. The van der Waals surface area contributed by atoms with Gasteiger partial charge in [0.25, 0.3) is 0 Å². The highest BCUT2D eigenvalue weighted by atomic mass is 127. The van der Waals surface area contributed by atoms with Crippen LogP contribution in [-0.4, -0.2) is 55.8 Å². The number of likely N-dealkylation sites (tertiary alicyclic amines) is 1. The van der Waals surface area contributed by atoms with Gasteiger partial charge < -0.3 is 20.3 Å². The van der Waals surface area contributed by atoms with E-state index in [2.05, 4.69) is 29.5 Å². The number of aliphatic imine (C=N–C) groups is 1. The van der Waals surface area contributed by atoms with Crippen LogP contribution in [0.2, 0.25) is 0 Å². The molecule has 0 aromatic heterocycles. The molecule has 1 rings (SSSR count). The Bertz CT molecular complexity index is 345. The molecule has 0 aromatic rings. The zero-order valence-corrected chi connectivity index (χ0v) is 17.1. The summed E-state index contributed by atoms with van der Waals surface area (Å²) in [5.41, 5.74) is 0. The number of piperidine rings is 1. The van der Waals surface area contributed by atoms with Gasteiger partial charge in [-0.05, 0) is 33.1 Å². The summed E-state index contributed by atoms with van der Waals surface area (Å²) >= 11 is 0. The summed E-state index contributed by atoms with van der Waals surface area (Å²) in [6, 6.07) is 0.370. The third-order valence-electron chi connectivity index (χ3n) is 3.74. The van der Waals surface area contributed by atoms with Crippen LogP contribution in [0.15, 0.2) is 4.99 Å². The third-order valence-corrected chi connectivity index (χ3v) is 3.74. The zero-order valence-electron chi connectivity index (χ0n) is 14.8. The number of carbonyl (C=O) groups excluding carboxylic acids is 1. The Balaban J connectivity index is 0.00000484. The number of rotatable bonds is 7. The Hall–Kier alpha value is -0.730. The number of nitrogens with one attached hydrogen (secondary N) is 2. The predicted octanol–water partition coefficient (Wildman–Crippen LogP) is 2.97. The maximum absolute atomic E-state index is 11.7. The SMILES string of the molecule is CCCCCN=C(NCC)NC1CCN(C(=O)OCC)CC1.I. The first-order valence-corrected chi connectivity index (χ1v) is 8.67. The highest BCUT2D eigenvalue weighted by Gasteiger charge is 2.23. The second-order valence-electron chi connectivity index (χ2n) is 5.57. The van der Waals surface area contributed by atoms with Crippen molar-refractivity contribution in [1.82, 2.24) is 15.5 Å². The smallest absolute Gasteiger partial charge is 0.409 e. The molecule has 6 nitrogen and oxygen atoms in total. The number of halogens is 1. The second kappa shape index (κ2) is 13.7. The Morgan fingerprint density at radius 2 is 1.91 bits per heavy atom. The normalized spacial score (nSPS) is 15.8. The number of guanidine groups is 1. The molecular weight excluding hydrogens is 407 g/mol. The predicted molar refractivity (Wildman–Crippen MR) is 106 cm³/mol. The molecule has 0 saturated carbocycles. The molecule has 1 aliphatic rings. The molecule has 0 unspecified atom stereocenters. The van der Waals surface area contributed by atoms with Crippen molar-refractivity contribution in [2.24, 2.45) is 4.99 Å². The van der Waals surface area contributed by atoms with Crippen LogP contribution >= 0.6 is 24.0 Å². The lowest BCUT2D eigenvalue weighted by Gasteiger charge is -2.32. The van der Waals surface area contributed by atoms with Gasteiger partial charge in [0, 0.05) is 32.2 Å². The van der Waals surface area contributed by atoms with Crippen LogP contribution in [0.25, 0.3) is 0 Å². The Labute approximate surface area is 157 Å². The van der Waals surface area contributed by atoms with Crippen LogP contribution in [0.1, 0.15) is 52.9 Å². The van der Waals surface area contributed by atoms with E-state index in [1.807, 2.05) is 6.92 Å². The van der Waals surface area contributed by atoms with Gasteiger partial charge in [-0.1, -0.05) is 19.8 Å². The molecule has 0 bridgehead atoms. The number of hydrogen-bond donors (Lipinski definition) is 2. The zero-order chi connectivity index (χ0) is 16.2. The van der Waals surface area contributed by atoms with Gasteiger partial charge in [-0.3, -0.25) is 4.99 Å². The highest BCUT2D eigenvalue weighted by Crippen LogP contribution is 2.11. The van der Waals surface area contributed by atoms with Crippen molar-refractivity contribution in [3.63, 3.8) is 0 Å². The monoisotopic (exact) mass is 440 g/mol. The summed E-state index contributed by atoms with van der Waals surface area (Å²) in [5, 5.41) is 6.78. The average molecular weight is 440 g/mol. The van der Waals surface area contributed by atoms with Gasteiger partial charge in [-0.2, -0.15) is 0 Å². The Morgan fingerprint density at radius 1 is 1.22 bits per heavy atom. The van der Waals surface area contributed by atoms with Crippen molar-refractivity contribution in [2.45, 2.75) is 58.9 Å². The average Bonchev–Trinajstić information content (AvgIpc) is 2.52. The van der Waals surface area contributed by atoms with Gasteiger partial charge in [0.1, 0.15) is 0 Å². The lowest BCUT2D eigenvalue weighted by atomic mass is 10.1. The first-order chi connectivity index (χ1) is 10.7. The molecule has 136 valence electrons. The molecule has 1 amide bonds. The van der Waals surface area contributed by atoms with Crippen LogP contribution in [-0.2, 0) is 4.74 Å². The van der Waals surface area contributed by atoms with Crippen LogP contribution in [0, 0.1) is 0 Å². The van der Waals surface area contributed by atoms with Crippen LogP contribution < -0.4 is 10.6 Å². The molecule has 23 heavy (non-hydrogen) atoms. The molecule has 0 aromatic carbocycles. The van der Waals surface area contributed by atoms with Crippen molar-refractivity contribution < 1.29 is 9.53 Å². The molecule has 1 fully saturated rings. The van der Waals surface area contributed by atoms with E-state index in [9.17, 15) is 4.79 Å². The number of unbranched alkanes of at least 4 members (excludes halogenated alkanes) is 2. The number of hydrogen-bond acceptors (Lipinski definition) is 3. The standard InChI is InChI=1S/C16H32N4O2.HI/c1-4-7-8-11-18-15(17-5-2)19-14-9-12-20(13-10-14)16(21)22-6-3;/h14H,4-13H2,1-3H3,(H2,17,18,19);1H. The van der Waals surface area contributed by atoms with E-state index in [-0.39, 0.29) is 30.1 Å². The Kier molecular flexibility index (Phi) is 13.3. The van der Waals surface area contributed by atoms with Crippen molar-refractivity contribution >= 4 is 36.0 Å². The summed E-state index contributed by atoms with van der Waals surface area (Å²) < 4.78 is 5.04. The lowest BCUT2D eigenvalue weighted by molar-refractivity contribution is 0.0963. The maximum atomic E-state index is 11.7. The van der Waals surface area contributed by atoms with Gasteiger partial charge in [0.2, 0.25) is 0 Å². The van der Waals surface area contributed by atoms with Crippen LogP contribution in [0.4, 0.5) is 4.79 Å². The highest BCUT2D eigenvalue weighted by molar-refractivity contribution is 14.0. The van der Waals surface area contributed by atoms with E-state index in [1.165, 1.54) is 12.8 Å². The Morgan fingerprint density at radius 3 is 2.48 bits per heavy atom. The minimum absolute atomic E-state index is 0. The third kappa shape index (κ3) is 9.22. The van der Waals surface area contributed by atoms with Crippen molar-refractivity contribution in [2.75, 3.05) is 32.8 Å². The summed E-state index contributed by atoms with van der Waals surface area (Å²) in [7, 11) is 0. The molecule has 0 radical (unpaired) electrons. The van der Waals surface area contributed by atoms with Gasteiger partial charge in [-0.25, -0.2) is 4.79 Å². The first-order valence-electron chi connectivity index (χ1n) is 8.67. The van der Waals surface area contributed by atoms with Crippen LogP contribution in [0.5, 0.6) is 0 Å². The van der Waals surface area contributed by atoms with Crippen molar-refractivity contribution in [1.29, 1.82) is 0 Å². The van der Waals surface area contributed by atoms with Crippen molar-refractivity contribution in [3.8, 4) is 0 Å². The molecule has 1 aliphatic heterocycles. The molecular formula is C16H33IN4O2. The molecule has 7 heteroatoms. The topological polar surface area (TPSA) is 66.0 Å². The summed E-state index contributed by atoms with van der Waals surface area (Å²) in [5.74, 6) is 0.896. The number of amides is 1. The fourth-order valence-electron chi connectivity index (χ4n) is 2.49.